The first kappa shape index (κ1) is 15.8. The Balaban J connectivity index is 1.62. The second-order valence-electron chi connectivity index (χ2n) is 6.13. The van der Waals surface area contributed by atoms with Crippen LogP contribution in [0.4, 0.5) is 5.69 Å². The third-order valence-electron chi connectivity index (χ3n) is 4.44. The number of carbonyl (C=O) groups is 2. The van der Waals surface area contributed by atoms with Crippen molar-refractivity contribution in [3.05, 3.63) is 64.7 Å². The molecule has 0 spiro atoms. The predicted octanol–water partition coefficient (Wildman–Crippen LogP) is 3.14. The molecule has 0 radical (unpaired) electrons. The maximum Gasteiger partial charge on any atom is 0.263 e. The monoisotopic (exact) mass is 354 g/mol. The first-order chi connectivity index (χ1) is 12.1. The van der Waals surface area contributed by atoms with E-state index in [4.69, 9.17) is 11.6 Å². The van der Waals surface area contributed by atoms with E-state index in [0.717, 1.165) is 11.1 Å². The molecule has 6 nitrogen and oxygen atoms in total. The summed E-state index contributed by atoms with van der Waals surface area (Å²) in [6.45, 7) is 2.27. The molecule has 2 aromatic carbocycles. The fraction of sp³-hybridized carbons (Fsp3) is 0.222. The minimum atomic E-state index is -0.795. The molecule has 2 heterocycles. The number of halogens is 1. The van der Waals surface area contributed by atoms with Crippen LogP contribution in [0.25, 0.3) is 0 Å². The van der Waals surface area contributed by atoms with E-state index in [2.05, 4.69) is 10.3 Å². The lowest BCUT2D eigenvalue weighted by atomic mass is 10.1. The topological polar surface area (TPSA) is 65.3 Å². The third-order valence-corrected chi connectivity index (χ3v) is 4.81. The van der Waals surface area contributed by atoms with Crippen LogP contribution in [0.3, 0.4) is 0 Å². The quantitative estimate of drug-likeness (QED) is 0.795. The number of aryl methyl sites for hydroxylation is 1. The number of carbonyl (C=O) groups excluding carboxylic acids is 2. The van der Waals surface area contributed by atoms with Crippen molar-refractivity contribution >= 4 is 29.1 Å². The summed E-state index contributed by atoms with van der Waals surface area (Å²) in [5.74, 6) is -0.653. The molecule has 1 fully saturated rings. The van der Waals surface area contributed by atoms with Crippen LogP contribution >= 0.6 is 11.6 Å². The Labute approximate surface area is 149 Å². The Bertz CT molecular complexity index is 881. The summed E-state index contributed by atoms with van der Waals surface area (Å²) in [7, 11) is 0. The smallest absolute Gasteiger partial charge is 0.263 e. The van der Waals surface area contributed by atoms with Crippen LogP contribution in [0.15, 0.2) is 58.9 Å². The first-order valence-electron chi connectivity index (χ1n) is 7.91. The zero-order chi connectivity index (χ0) is 17.6. The van der Waals surface area contributed by atoms with E-state index in [0.29, 0.717) is 17.3 Å². The first-order valence-corrected chi connectivity index (χ1v) is 8.29. The van der Waals surface area contributed by atoms with Crippen LogP contribution in [0, 0.1) is 6.92 Å². The van der Waals surface area contributed by atoms with Crippen molar-refractivity contribution in [2.45, 2.75) is 25.6 Å². The average Bonchev–Trinajstić information content (AvgIpc) is 3.12. The normalized spacial score (nSPS) is 22.0. The highest BCUT2D eigenvalue weighted by molar-refractivity contribution is 6.31. The Hall–Kier alpha value is -2.73. The highest BCUT2D eigenvalue weighted by atomic mass is 35.5. The summed E-state index contributed by atoms with van der Waals surface area (Å²) in [4.78, 5) is 26.7. The Kier molecular flexibility index (Phi) is 3.77. The summed E-state index contributed by atoms with van der Waals surface area (Å²) < 4.78 is 0. The zero-order valence-electron chi connectivity index (χ0n) is 13.5. The van der Waals surface area contributed by atoms with Gasteiger partial charge < -0.3 is 0 Å². The van der Waals surface area contributed by atoms with E-state index in [1.807, 2.05) is 37.3 Å². The van der Waals surface area contributed by atoms with E-state index < -0.39 is 12.1 Å². The van der Waals surface area contributed by atoms with Crippen molar-refractivity contribution in [1.29, 1.82) is 0 Å². The summed E-state index contributed by atoms with van der Waals surface area (Å²) in [6, 6.07) is 13.1. The minimum absolute atomic E-state index is 0.309. The molecule has 0 aromatic heterocycles. The SMILES string of the molecule is Cc1ccc(N2C(=O)C3N=NN(Cc4ccccc4Cl)C3C2=O)cc1. The fourth-order valence-corrected chi connectivity index (χ4v) is 3.30. The fourth-order valence-electron chi connectivity index (χ4n) is 3.10. The molecule has 0 saturated carbocycles. The van der Waals surface area contributed by atoms with E-state index in [1.54, 1.807) is 23.2 Å². The second kappa shape index (κ2) is 5.97. The molecular formula is C18H15ClN4O2. The molecule has 2 amide bonds. The lowest BCUT2D eigenvalue weighted by Gasteiger charge is -2.21. The van der Waals surface area contributed by atoms with Crippen LogP contribution in [0.1, 0.15) is 11.1 Å². The van der Waals surface area contributed by atoms with Gasteiger partial charge in [0.25, 0.3) is 11.8 Å². The van der Waals surface area contributed by atoms with Crippen molar-refractivity contribution in [1.82, 2.24) is 5.01 Å². The van der Waals surface area contributed by atoms with Crippen LogP contribution in [0.2, 0.25) is 5.02 Å². The van der Waals surface area contributed by atoms with E-state index in [-0.39, 0.29) is 11.8 Å². The Morgan fingerprint density at radius 3 is 2.48 bits per heavy atom. The van der Waals surface area contributed by atoms with Gasteiger partial charge >= 0.3 is 0 Å². The number of imide groups is 1. The van der Waals surface area contributed by atoms with Gasteiger partial charge in [0, 0.05) is 5.02 Å². The third kappa shape index (κ3) is 2.59. The molecule has 0 aliphatic carbocycles. The van der Waals surface area contributed by atoms with Crippen molar-refractivity contribution in [3.8, 4) is 0 Å². The minimum Gasteiger partial charge on any atom is -0.271 e. The number of nitrogens with zero attached hydrogens (tertiary/aromatic N) is 4. The summed E-state index contributed by atoms with van der Waals surface area (Å²) in [6.07, 6.45) is 0. The number of fused-ring (bicyclic) bond motifs is 1. The molecule has 126 valence electrons. The maximum absolute atomic E-state index is 12.9. The highest BCUT2D eigenvalue weighted by Crippen LogP contribution is 2.33. The van der Waals surface area contributed by atoms with Crippen LogP contribution in [0.5, 0.6) is 0 Å². The van der Waals surface area contributed by atoms with E-state index in [9.17, 15) is 9.59 Å². The largest absolute Gasteiger partial charge is 0.271 e. The number of hydrogen-bond donors (Lipinski definition) is 0. The van der Waals surface area contributed by atoms with Crippen molar-refractivity contribution in [3.63, 3.8) is 0 Å². The average molecular weight is 355 g/mol. The second-order valence-corrected chi connectivity index (χ2v) is 6.54. The van der Waals surface area contributed by atoms with Crippen LogP contribution < -0.4 is 4.90 Å². The molecule has 0 bridgehead atoms. The zero-order valence-corrected chi connectivity index (χ0v) is 14.2. The predicted molar refractivity (Wildman–Crippen MR) is 93.1 cm³/mol. The number of rotatable bonds is 3. The van der Waals surface area contributed by atoms with Gasteiger partial charge in [-0.25, -0.2) is 4.90 Å². The number of hydrogen-bond acceptors (Lipinski definition) is 5. The molecule has 2 atom stereocenters. The summed E-state index contributed by atoms with van der Waals surface area (Å²) in [5, 5.41) is 10.2. The molecule has 2 aliphatic heterocycles. The molecule has 1 saturated heterocycles. The molecule has 2 aliphatic rings. The van der Waals surface area contributed by atoms with Gasteiger partial charge in [0.15, 0.2) is 12.1 Å². The lowest BCUT2D eigenvalue weighted by Crippen LogP contribution is -2.39. The van der Waals surface area contributed by atoms with Gasteiger partial charge in [-0.05, 0) is 30.7 Å². The number of amides is 2. The molecule has 25 heavy (non-hydrogen) atoms. The van der Waals surface area contributed by atoms with Crippen LogP contribution in [-0.4, -0.2) is 28.9 Å². The van der Waals surface area contributed by atoms with Gasteiger partial charge in [-0.15, -0.1) is 0 Å². The van der Waals surface area contributed by atoms with Gasteiger partial charge in [-0.1, -0.05) is 52.7 Å². The number of benzene rings is 2. The van der Waals surface area contributed by atoms with Gasteiger partial charge in [0.2, 0.25) is 0 Å². The van der Waals surface area contributed by atoms with Crippen molar-refractivity contribution in [2.24, 2.45) is 10.3 Å². The molecular weight excluding hydrogens is 340 g/mol. The molecule has 0 N–H and O–H groups in total. The highest BCUT2D eigenvalue weighted by Gasteiger charge is 2.54. The van der Waals surface area contributed by atoms with Crippen molar-refractivity contribution in [2.75, 3.05) is 4.90 Å². The summed E-state index contributed by atoms with van der Waals surface area (Å²) >= 11 is 6.19. The van der Waals surface area contributed by atoms with Gasteiger partial charge in [0.1, 0.15) is 0 Å². The van der Waals surface area contributed by atoms with Gasteiger partial charge in [-0.2, -0.15) is 5.11 Å². The van der Waals surface area contributed by atoms with E-state index in [1.165, 1.54) is 4.90 Å². The molecule has 2 aromatic rings. The van der Waals surface area contributed by atoms with Gasteiger partial charge in [0.05, 0.1) is 12.2 Å². The lowest BCUT2D eigenvalue weighted by molar-refractivity contribution is -0.123. The summed E-state index contributed by atoms with van der Waals surface area (Å²) in [5.41, 5.74) is 2.45. The van der Waals surface area contributed by atoms with Crippen molar-refractivity contribution < 1.29 is 9.59 Å². The Morgan fingerprint density at radius 2 is 1.76 bits per heavy atom. The number of anilines is 1. The van der Waals surface area contributed by atoms with Crippen LogP contribution in [-0.2, 0) is 16.1 Å². The molecule has 2 unspecified atom stereocenters. The maximum atomic E-state index is 12.9. The van der Waals surface area contributed by atoms with Gasteiger partial charge in [-0.3, -0.25) is 14.6 Å². The molecule has 4 rings (SSSR count). The Morgan fingerprint density at radius 1 is 1.04 bits per heavy atom. The standard InChI is InChI=1S/C18H15ClN4O2/c1-11-6-8-13(9-7-11)23-17(24)15-16(18(23)25)22(21-20-15)10-12-4-2-3-5-14(12)19/h2-9,15-16H,10H2,1H3. The molecule has 7 heteroatoms. The van der Waals surface area contributed by atoms with E-state index >= 15 is 0 Å².